The molecule has 0 saturated carbocycles. The molecule has 2 rings (SSSR count). The Hall–Kier alpha value is 0.0600. The average molecular weight is 319 g/mol. The van der Waals surface area contributed by atoms with E-state index in [-0.39, 0.29) is 0 Å². The zero-order valence-electron chi connectivity index (χ0n) is 10.1. The highest BCUT2D eigenvalue weighted by molar-refractivity contribution is 9.11. The summed E-state index contributed by atoms with van der Waals surface area (Å²) in [6.45, 7) is 8.19. The monoisotopic (exact) mass is 318 g/mol. The lowest BCUT2D eigenvalue weighted by Gasteiger charge is -2.29. The minimum atomic E-state index is 0.520. The van der Waals surface area contributed by atoms with Gasteiger partial charge in [-0.05, 0) is 39.9 Å². The normalized spacial score (nSPS) is 19.4. The highest BCUT2D eigenvalue weighted by Crippen LogP contribution is 2.20. The lowest BCUT2D eigenvalue weighted by atomic mass is 10.2. The zero-order chi connectivity index (χ0) is 12.1. The molecule has 3 nitrogen and oxygen atoms in total. The summed E-state index contributed by atoms with van der Waals surface area (Å²) in [6.07, 6.45) is 0. The van der Waals surface area contributed by atoms with Crippen LogP contribution >= 0.6 is 27.3 Å². The van der Waals surface area contributed by atoms with Gasteiger partial charge >= 0.3 is 0 Å². The minimum Gasteiger partial charge on any atom is -0.379 e. The van der Waals surface area contributed by atoms with E-state index in [0.29, 0.717) is 6.04 Å². The van der Waals surface area contributed by atoms with Crippen LogP contribution in [0.25, 0.3) is 0 Å². The van der Waals surface area contributed by atoms with E-state index in [1.807, 2.05) is 0 Å². The van der Waals surface area contributed by atoms with Gasteiger partial charge in [-0.15, -0.1) is 11.3 Å². The molecule has 1 atom stereocenters. The highest BCUT2D eigenvalue weighted by Gasteiger charge is 2.13. The molecule has 17 heavy (non-hydrogen) atoms. The van der Waals surface area contributed by atoms with Crippen LogP contribution in [0.15, 0.2) is 15.2 Å². The first-order valence-corrected chi connectivity index (χ1v) is 7.67. The lowest BCUT2D eigenvalue weighted by Crippen LogP contribution is -2.44. The Kier molecular flexibility index (Phi) is 5.44. The summed E-state index contributed by atoms with van der Waals surface area (Å²) in [4.78, 5) is 2.46. The molecule has 0 bridgehead atoms. The molecule has 1 fully saturated rings. The van der Waals surface area contributed by atoms with Crippen molar-refractivity contribution in [3.8, 4) is 0 Å². The maximum atomic E-state index is 5.35. The molecule has 0 spiro atoms. The Bertz CT molecular complexity index is 339. The Morgan fingerprint density at radius 3 is 2.94 bits per heavy atom. The van der Waals surface area contributed by atoms with Crippen molar-refractivity contribution in [2.75, 3.05) is 32.8 Å². The van der Waals surface area contributed by atoms with E-state index < -0.39 is 0 Å². The molecule has 0 aromatic carbocycles. The van der Waals surface area contributed by atoms with E-state index in [0.717, 1.165) is 39.4 Å². The van der Waals surface area contributed by atoms with E-state index in [1.165, 1.54) is 9.35 Å². The SMILES string of the molecule is CC(CN1CCOCC1)NCc1csc(Br)c1. The maximum Gasteiger partial charge on any atom is 0.0701 e. The third-order valence-corrected chi connectivity index (χ3v) is 4.47. The molecule has 1 aliphatic rings. The second-order valence-electron chi connectivity index (χ2n) is 4.45. The molecular weight excluding hydrogens is 300 g/mol. The molecule has 0 amide bonds. The van der Waals surface area contributed by atoms with E-state index in [9.17, 15) is 0 Å². The number of ether oxygens (including phenoxy) is 1. The van der Waals surface area contributed by atoms with Gasteiger partial charge in [-0.2, -0.15) is 0 Å². The van der Waals surface area contributed by atoms with Gasteiger partial charge in [0.15, 0.2) is 0 Å². The summed E-state index contributed by atoms with van der Waals surface area (Å²) in [5, 5.41) is 5.76. The molecule has 0 aliphatic carbocycles. The number of thiophene rings is 1. The minimum absolute atomic E-state index is 0.520. The molecule has 1 N–H and O–H groups in total. The molecule has 1 aromatic rings. The van der Waals surface area contributed by atoms with Crippen LogP contribution in [0.4, 0.5) is 0 Å². The number of hydrogen-bond donors (Lipinski definition) is 1. The van der Waals surface area contributed by atoms with Gasteiger partial charge in [-0.1, -0.05) is 0 Å². The number of hydrogen-bond acceptors (Lipinski definition) is 4. The first-order chi connectivity index (χ1) is 8.24. The van der Waals surface area contributed by atoms with Crippen LogP contribution in [-0.4, -0.2) is 43.8 Å². The average Bonchev–Trinajstić information content (AvgIpc) is 2.74. The van der Waals surface area contributed by atoms with Crippen LogP contribution in [0, 0.1) is 0 Å². The Labute approximate surface area is 115 Å². The van der Waals surface area contributed by atoms with Crippen LogP contribution in [0.1, 0.15) is 12.5 Å². The van der Waals surface area contributed by atoms with Crippen molar-refractivity contribution in [1.82, 2.24) is 10.2 Å². The fourth-order valence-electron chi connectivity index (χ4n) is 1.97. The van der Waals surface area contributed by atoms with Crippen molar-refractivity contribution in [1.29, 1.82) is 0 Å². The summed E-state index contributed by atoms with van der Waals surface area (Å²) < 4.78 is 6.55. The van der Waals surface area contributed by atoms with Gasteiger partial charge in [0.1, 0.15) is 0 Å². The van der Waals surface area contributed by atoms with Crippen molar-refractivity contribution < 1.29 is 4.74 Å². The third-order valence-electron chi connectivity index (χ3n) is 2.91. The number of halogens is 1. The Balaban J connectivity index is 1.68. The number of morpholine rings is 1. The fourth-order valence-corrected chi connectivity index (χ4v) is 3.18. The largest absolute Gasteiger partial charge is 0.379 e. The summed E-state index contributed by atoms with van der Waals surface area (Å²) in [5.41, 5.74) is 1.36. The van der Waals surface area contributed by atoms with Crippen LogP contribution in [0.5, 0.6) is 0 Å². The molecule has 1 unspecified atom stereocenters. The zero-order valence-corrected chi connectivity index (χ0v) is 12.5. The van der Waals surface area contributed by atoms with E-state index in [2.05, 4.69) is 44.5 Å². The van der Waals surface area contributed by atoms with Gasteiger partial charge in [0.25, 0.3) is 0 Å². The van der Waals surface area contributed by atoms with Crippen molar-refractivity contribution in [3.63, 3.8) is 0 Å². The number of nitrogens with one attached hydrogen (secondary N) is 1. The standard InChI is InChI=1S/C12H19BrN2OS/c1-10(8-15-2-4-16-5-3-15)14-7-11-6-12(13)17-9-11/h6,9-10,14H,2-5,7-8H2,1H3. The molecule has 1 saturated heterocycles. The van der Waals surface area contributed by atoms with Gasteiger partial charge in [0.2, 0.25) is 0 Å². The van der Waals surface area contributed by atoms with Gasteiger partial charge in [-0.3, -0.25) is 4.90 Å². The first-order valence-electron chi connectivity index (χ1n) is 6.00. The van der Waals surface area contributed by atoms with Crippen LogP contribution in [0.2, 0.25) is 0 Å². The molecule has 1 aliphatic heterocycles. The van der Waals surface area contributed by atoms with Gasteiger partial charge in [0, 0.05) is 32.2 Å². The van der Waals surface area contributed by atoms with Crippen LogP contribution in [-0.2, 0) is 11.3 Å². The topological polar surface area (TPSA) is 24.5 Å². The van der Waals surface area contributed by atoms with Gasteiger partial charge < -0.3 is 10.1 Å². The van der Waals surface area contributed by atoms with Crippen LogP contribution in [0.3, 0.4) is 0 Å². The third kappa shape index (κ3) is 4.67. The predicted octanol–water partition coefficient (Wildman–Crippen LogP) is 2.32. The highest BCUT2D eigenvalue weighted by atomic mass is 79.9. The van der Waals surface area contributed by atoms with Crippen molar-refractivity contribution in [3.05, 3.63) is 20.8 Å². The number of rotatable bonds is 5. The van der Waals surface area contributed by atoms with Crippen LogP contribution < -0.4 is 5.32 Å². The van der Waals surface area contributed by atoms with Gasteiger partial charge in [-0.25, -0.2) is 0 Å². The van der Waals surface area contributed by atoms with Crippen molar-refractivity contribution in [2.45, 2.75) is 19.5 Å². The van der Waals surface area contributed by atoms with Crippen molar-refractivity contribution >= 4 is 27.3 Å². The summed E-state index contributed by atoms with van der Waals surface area (Å²) >= 11 is 5.23. The summed E-state index contributed by atoms with van der Waals surface area (Å²) in [7, 11) is 0. The van der Waals surface area contributed by atoms with E-state index in [1.54, 1.807) is 11.3 Å². The smallest absolute Gasteiger partial charge is 0.0701 e. The first kappa shape index (κ1) is 13.5. The maximum absolute atomic E-state index is 5.35. The number of nitrogens with zero attached hydrogens (tertiary/aromatic N) is 1. The Morgan fingerprint density at radius 2 is 2.29 bits per heavy atom. The molecule has 1 aromatic heterocycles. The lowest BCUT2D eigenvalue weighted by molar-refractivity contribution is 0.0343. The second-order valence-corrected chi connectivity index (χ2v) is 6.74. The Morgan fingerprint density at radius 1 is 1.53 bits per heavy atom. The van der Waals surface area contributed by atoms with E-state index in [4.69, 9.17) is 4.74 Å². The molecular formula is C12H19BrN2OS. The van der Waals surface area contributed by atoms with E-state index >= 15 is 0 Å². The second kappa shape index (κ2) is 6.85. The van der Waals surface area contributed by atoms with Gasteiger partial charge in [0.05, 0.1) is 17.0 Å². The quantitative estimate of drug-likeness (QED) is 0.901. The fraction of sp³-hybridized carbons (Fsp3) is 0.667. The molecule has 96 valence electrons. The van der Waals surface area contributed by atoms with Crippen molar-refractivity contribution in [2.24, 2.45) is 0 Å². The molecule has 5 heteroatoms. The molecule has 0 radical (unpaired) electrons. The predicted molar refractivity (Wildman–Crippen MR) is 75.6 cm³/mol. The molecule has 2 heterocycles. The summed E-state index contributed by atoms with van der Waals surface area (Å²) in [5.74, 6) is 0. The summed E-state index contributed by atoms with van der Waals surface area (Å²) in [6, 6.07) is 2.70.